The number of fused-ring (bicyclic) bond motifs is 2. The molecule has 0 unspecified atom stereocenters. The van der Waals surface area contributed by atoms with Crippen molar-refractivity contribution in [2.24, 2.45) is 5.41 Å². The van der Waals surface area contributed by atoms with Gasteiger partial charge in [-0.3, -0.25) is 14.4 Å². The zero-order valence-corrected chi connectivity index (χ0v) is 18.2. The van der Waals surface area contributed by atoms with Crippen molar-refractivity contribution in [3.05, 3.63) is 59.2 Å². The van der Waals surface area contributed by atoms with Crippen LogP contribution in [0.3, 0.4) is 0 Å². The van der Waals surface area contributed by atoms with Gasteiger partial charge < -0.3 is 19.3 Å². The lowest BCUT2D eigenvalue weighted by Gasteiger charge is -2.34. The number of likely N-dealkylation sites (tertiary alicyclic amines) is 1. The van der Waals surface area contributed by atoms with Gasteiger partial charge >= 0.3 is 0 Å². The van der Waals surface area contributed by atoms with Crippen molar-refractivity contribution in [1.29, 1.82) is 0 Å². The van der Waals surface area contributed by atoms with Crippen LogP contribution in [-0.2, 0) is 0 Å². The predicted molar refractivity (Wildman–Crippen MR) is 115 cm³/mol. The lowest BCUT2D eigenvalue weighted by atomic mass is 9.78. The quantitative estimate of drug-likeness (QED) is 0.757. The lowest BCUT2D eigenvalue weighted by Crippen LogP contribution is -2.49. The first-order valence-electron chi connectivity index (χ1n) is 10.3. The molecule has 7 heteroatoms. The molecule has 31 heavy (non-hydrogen) atoms. The fourth-order valence-electron chi connectivity index (χ4n) is 4.86. The number of ether oxygens (including phenoxy) is 2. The van der Waals surface area contributed by atoms with E-state index in [2.05, 4.69) is 0 Å². The van der Waals surface area contributed by atoms with Gasteiger partial charge in [0.1, 0.15) is 0 Å². The van der Waals surface area contributed by atoms with Gasteiger partial charge in [0.25, 0.3) is 11.8 Å². The average molecular weight is 422 g/mol. The normalized spacial score (nSPS) is 22.6. The molecule has 2 amide bonds. The smallest absolute Gasteiger partial charge is 0.257 e. The van der Waals surface area contributed by atoms with Crippen LogP contribution in [0.15, 0.2) is 42.5 Å². The minimum atomic E-state index is -0.903. The van der Waals surface area contributed by atoms with E-state index in [1.165, 1.54) is 14.2 Å². The van der Waals surface area contributed by atoms with E-state index in [1.807, 2.05) is 13.8 Å². The van der Waals surface area contributed by atoms with E-state index in [0.29, 0.717) is 34.7 Å². The van der Waals surface area contributed by atoms with E-state index in [0.717, 1.165) is 0 Å². The van der Waals surface area contributed by atoms with Crippen LogP contribution in [0.4, 0.5) is 0 Å². The molecule has 2 aromatic carbocycles. The molecular formula is C24H26N2O5. The molecule has 0 aliphatic carbocycles. The molecule has 0 N–H and O–H groups in total. The van der Waals surface area contributed by atoms with E-state index < -0.39 is 11.5 Å². The number of amides is 2. The van der Waals surface area contributed by atoms with Crippen LogP contribution in [0, 0.1) is 5.41 Å². The third-order valence-electron chi connectivity index (χ3n) is 6.47. The average Bonchev–Trinajstić information content (AvgIpc) is 3.13. The van der Waals surface area contributed by atoms with E-state index >= 15 is 0 Å². The van der Waals surface area contributed by atoms with Crippen LogP contribution in [0.25, 0.3) is 0 Å². The van der Waals surface area contributed by atoms with Gasteiger partial charge in [-0.1, -0.05) is 24.3 Å². The largest absolute Gasteiger partial charge is 0.493 e. The van der Waals surface area contributed by atoms with Crippen molar-refractivity contribution in [2.45, 2.75) is 19.9 Å². The van der Waals surface area contributed by atoms with Crippen LogP contribution in [0.5, 0.6) is 11.5 Å². The maximum atomic E-state index is 13.6. The number of carbonyl (C=O) groups is 3. The van der Waals surface area contributed by atoms with Gasteiger partial charge in [-0.2, -0.15) is 0 Å². The number of hydrogen-bond donors (Lipinski definition) is 0. The molecule has 162 valence electrons. The molecule has 4 rings (SSSR count). The number of hydrogen-bond acceptors (Lipinski definition) is 5. The van der Waals surface area contributed by atoms with Crippen LogP contribution in [0.2, 0.25) is 0 Å². The monoisotopic (exact) mass is 422 g/mol. The number of Topliss-reactive ketones (excluding diaryl/α,β-unsaturated/α-hetero) is 1. The van der Waals surface area contributed by atoms with Crippen molar-refractivity contribution in [3.8, 4) is 11.5 Å². The molecule has 2 atom stereocenters. The number of carbonyl (C=O) groups excluding carboxylic acids is 3. The Morgan fingerprint density at radius 1 is 1.06 bits per heavy atom. The fourth-order valence-corrected chi connectivity index (χ4v) is 4.86. The third-order valence-corrected chi connectivity index (χ3v) is 6.47. The minimum absolute atomic E-state index is 0.106. The Morgan fingerprint density at radius 3 is 2.42 bits per heavy atom. The first-order chi connectivity index (χ1) is 14.9. The standard InChI is InChI=1S/C24H26N2O5/c1-5-26-19-13-25(22(28)17-11-8-12-18(30-3)20(17)31-4)14-24(19,2)21(27)15-9-6-7-10-16(15)23(26)29/h6-12,19H,5,13-14H2,1-4H3/t19-,24+/m1/s1. The highest BCUT2D eigenvalue weighted by Crippen LogP contribution is 2.42. The molecule has 0 bridgehead atoms. The maximum Gasteiger partial charge on any atom is 0.257 e. The van der Waals surface area contributed by atoms with Gasteiger partial charge in [0.05, 0.1) is 36.8 Å². The molecule has 1 fully saturated rings. The summed E-state index contributed by atoms with van der Waals surface area (Å²) in [6, 6.07) is 11.7. The highest BCUT2D eigenvalue weighted by molar-refractivity contribution is 6.13. The number of likely N-dealkylation sites (N-methyl/N-ethyl adjacent to an activating group) is 1. The molecular weight excluding hydrogens is 396 g/mol. The summed E-state index contributed by atoms with van der Waals surface area (Å²) >= 11 is 0. The van der Waals surface area contributed by atoms with Crippen LogP contribution < -0.4 is 9.47 Å². The predicted octanol–water partition coefficient (Wildman–Crippen LogP) is 2.89. The number of ketones is 1. The molecule has 0 saturated carbocycles. The van der Waals surface area contributed by atoms with Crippen molar-refractivity contribution < 1.29 is 23.9 Å². The van der Waals surface area contributed by atoms with Crippen LogP contribution in [-0.4, -0.2) is 67.3 Å². The second-order valence-corrected chi connectivity index (χ2v) is 8.13. The first-order valence-corrected chi connectivity index (χ1v) is 10.3. The molecule has 2 aromatic rings. The zero-order valence-electron chi connectivity index (χ0n) is 18.2. The maximum absolute atomic E-state index is 13.6. The van der Waals surface area contributed by atoms with Crippen LogP contribution >= 0.6 is 0 Å². The summed E-state index contributed by atoms with van der Waals surface area (Å²) in [6.45, 7) is 4.69. The molecule has 1 saturated heterocycles. The highest BCUT2D eigenvalue weighted by Gasteiger charge is 2.55. The molecule has 0 spiro atoms. The number of benzene rings is 2. The Labute approximate surface area is 181 Å². The summed E-state index contributed by atoms with van der Waals surface area (Å²) in [5.41, 5.74) is 0.311. The molecule has 0 aromatic heterocycles. The third kappa shape index (κ3) is 3.07. The molecule has 0 radical (unpaired) electrons. The van der Waals surface area contributed by atoms with Gasteiger partial charge in [0.2, 0.25) is 0 Å². The van der Waals surface area contributed by atoms with Crippen molar-refractivity contribution >= 4 is 17.6 Å². The van der Waals surface area contributed by atoms with E-state index in [1.54, 1.807) is 52.3 Å². The summed E-state index contributed by atoms with van der Waals surface area (Å²) in [4.78, 5) is 43.7. The van der Waals surface area contributed by atoms with E-state index in [9.17, 15) is 14.4 Å². The summed E-state index contributed by atoms with van der Waals surface area (Å²) in [5.74, 6) is 0.282. The van der Waals surface area contributed by atoms with Gasteiger partial charge in [-0.25, -0.2) is 0 Å². The Hall–Kier alpha value is -3.35. The minimum Gasteiger partial charge on any atom is -0.493 e. The second kappa shape index (κ2) is 7.72. The Kier molecular flexibility index (Phi) is 5.21. The molecule has 7 nitrogen and oxygen atoms in total. The number of rotatable bonds is 4. The highest BCUT2D eigenvalue weighted by atomic mass is 16.5. The SMILES string of the molecule is CCN1C(=O)c2ccccc2C(=O)[C@@]2(C)CN(C(=O)c3cccc(OC)c3OC)C[C@@H]12. The molecule has 2 heterocycles. The van der Waals surface area contributed by atoms with Crippen molar-refractivity contribution in [1.82, 2.24) is 9.80 Å². The fraction of sp³-hybridized carbons (Fsp3) is 0.375. The van der Waals surface area contributed by atoms with Gasteiger partial charge in [0.15, 0.2) is 17.3 Å². The summed E-state index contributed by atoms with van der Waals surface area (Å²) < 4.78 is 10.8. The zero-order chi connectivity index (χ0) is 22.3. The van der Waals surface area contributed by atoms with Crippen molar-refractivity contribution in [2.75, 3.05) is 33.9 Å². The van der Waals surface area contributed by atoms with E-state index in [4.69, 9.17) is 9.47 Å². The number of nitrogens with zero attached hydrogens (tertiary/aromatic N) is 2. The topological polar surface area (TPSA) is 76.2 Å². The second-order valence-electron chi connectivity index (χ2n) is 8.13. The van der Waals surface area contributed by atoms with Crippen molar-refractivity contribution in [3.63, 3.8) is 0 Å². The summed E-state index contributed by atoms with van der Waals surface area (Å²) in [7, 11) is 3.00. The van der Waals surface area contributed by atoms with Gasteiger partial charge in [-0.05, 0) is 32.0 Å². The summed E-state index contributed by atoms with van der Waals surface area (Å²) in [5, 5.41) is 0. The Morgan fingerprint density at radius 2 is 1.77 bits per heavy atom. The first kappa shape index (κ1) is 20.9. The summed E-state index contributed by atoms with van der Waals surface area (Å²) in [6.07, 6.45) is 0. The molecule has 2 aliphatic rings. The Balaban J connectivity index is 1.76. The van der Waals surface area contributed by atoms with E-state index in [-0.39, 0.29) is 30.7 Å². The molecule has 2 aliphatic heterocycles. The van der Waals surface area contributed by atoms with Gasteiger partial charge in [-0.15, -0.1) is 0 Å². The lowest BCUT2D eigenvalue weighted by molar-refractivity contribution is 0.0559. The Bertz CT molecular complexity index is 1070. The van der Waals surface area contributed by atoms with Crippen LogP contribution in [0.1, 0.15) is 44.9 Å². The van der Waals surface area contributed by atoms with Gasteiger partial charge in [0, 0.05) is 25.2 Å². The number of para-hydroxylation sites is 1. The number of methoxy groups -OCH3 is 2.